The number of aryl methyl sites for hydroxylation is 1. The summed E-state index contributed by atoms with van der Waals surface area (Å²) in [6.45, 7) is 7.70. The lowest BCUT2D eigenvalue weighted by atomic mass is 9.84. The van der Waals surface area contributed by atoms with Crippen molar-refractivity contribution in [2.45, 2.75) is 90.4 Å². The van der Waals surface area contributed by atoms with Crippen molar-refractivity contribution < 1.29 is 23.6 Å². The molecule has 5 N–H and O–H groups in total. The topological polar surface area (TPSA) is 137 Å². The summed E-state index contributed by atoms with van der Waals surface area (Å²) >= 11 is 0. The smallest absolute Gasteiger partial charge is 0.243 e. The minimum Gasteiger partial charge on any atom is -0.368 e. The molecule has 10 heteroatoms. The Morgan fingerprint density at radius 3 is 2.41 bits per heavy atom. The summed E-state index contributed by atoms with van der Waals surface area (Å²) in [5.74, 6) is -1.94. The number of aromatic nitrogens is 1. The molecule has 9 nitrogen and oxygen atoms in total. The van der Waals surface area contributed by atoms with E-state index in [1.807, 2.05) is 52.0 Å². The van der Waals surface area contributed by atoms with E-state index in [0.717, 1.165) is 22.2 Å². The van der Waals surface area contributed by atoms with Gasteiger partial charge in [-0.2, -0.15) is 0 Å². The predicted octanol–water partition coefficient (Wildman–Crippen LogP) is 4.30. The van der Waals surface area contributed by atoms with Crippen molar-refractivity contribution in [3.8, 4) is 0 Å². The normalized spacial score (nSPS) is 18.8. The molecule has 0 saturated carbocycles. The molecule has 0 radical (unpaired) electrons. The number of rotatable bonds is 14. The molecule has 1 aliphatic carbocycles. The number of fused-ring (bicyclic) bond motifs is 3. The molecule has 0 fully saturated rings. The second-order valence-electron chi connectivity index (χ2n) is 12.0. The van der Waals surface area contributed by atoms with Crippen molar-refractivity contribution in [3.63, 3.8) is 0 Å². The van der Waals surface area contributed by atoms with E-state index in [4.69, 9.17) is 5.73 Å². The third-order valence-corrected chi connectivity index (χ3v) is 9.19. The van der Waals surface area contributed by atoms with Gasteiger partial charge in [0.25, 0.3) is 0 Å². The molecule has 3 aromatic rings. The molecule has 44 heavy (non-hydrogen) atoms. The van der Waals surface area contributed by atoms with Crippen molar-refractivity contribution in [3.05, 3.63) is 71.2 Å². The number of nitrogens with zero attached hydrogens (tertiary/aromatic N) is 1. The molecule has 1 unspecified atom stereocenters. The zero-order chi connectivity index (χ0) is 32.0. The Labute approximate surface area is 258 Å². The number of carbonyl (C=O) groups is 4. The number of halogens is 1. The maximum atomic E-state index is 14.1. The fourth-order valence-corrected chi connectivity index (χ4v) is 6.29. The molecule has 6 atom stereocenters. The van der Waals surface area contributed by atoms with Gasteiger partial charge in [-0.1, -0.05) is 76.9 Å². The standard InChI is InChI=1S/C34H44FN5O4/c1-5-20(3)30(39-29(42)16-15-22-11-7-9-13-26(22)35)34(44)38-28-18-23(40(19-41)32(33(36)43)21(4)6-2)17-25-24-12-8-10-14-27(24)37-31(25)28/h7-14,19-21,23,28,30,32,37H,5-6,15-18H2,1-4H3,(H2,36,43)(H,38,44)(H,39,42)/t20-,21-,23?,28-,30-,32-/m0/s1. The van der Waals surface area contributed by atoms with Crippen LogP contribution < -0.4 is 16.4 Å². The molecule has 0 bridgehead atoms. The number of hydrogen-bond acceptors (Lipinski definition) is 4. The van der Waals surface area contributed by atoms with E-state index in [9.17, 15) is 23.6 Å². The van der Waals surface area contributed by atoms with Crippen LogP contribution >= 0.6 is 0 Å². The highest BCUT2D eigenvalue weighted by Crippen LogP contribution is 2.37. The highest BCUT2D eigenvalue weighted by atomic mass is 19.1. The number of H-pyrrole nitrogens is 1. The fourth-order valence-electron chi connectivity index (χ4n) is 6.29. The summed E-state index contributed by atoms with van der Waals surface area (Å²) in [5.41, 5.74) is 8.96. The summed E-state index contributed by atoms with van der Waals surface area (Å²) < 4.78 is 14.1. The van der Waals surface area contributed by atoms with Crippen LogP contribution in [0.3, 0.4) is 0 Å². The molecular weight excluding hydrogens is 561 g/mol. The van der Waals surface area contributed by atoms with Crippen molar-refractivity contribution in [2.75, 3.05) is 0 Å². The Hall–Kier alpha value is -4.21. The predicted molar refractivity (Wildman–Crippen MR) is 168 cm³/mol. The number of hydrogen-bond donors (Lipinski definition) is 4. The van der Waals surface area contributed by atoms with E-state index in [-0.39, 0.29) is 42.3 Å². The zero-order valence-electron chi connectivity index (χ0n) is 25.9. The molecular formula is C34H44FN5O4. The van der Waals surface area contributed by atoms with Gasteiger partial charge in [0.1, 0.15) is 17.9 Å². The summed E-state index contributed by atoms with van der Waals surface area (Å²) in [4.78, 5) is 56.9. The second kappa shape index (κ2) is 14.5. The van der Waals surface area contributed by atoms with E-state index in [2.05, 4.69) is 15.6 Å². The van der Waals surface area contributed by atoms with Crippen molar-refractivity contribution >= 4 is 35.0 Å². The van der Waals surface area contributed by atoms with E-state index in [1.165, 1.54) is 11.0 Å². The quantitative estimate of drug-likeness (QED) is 0.204. The van der Waals surface area contributed by atoms with Crippen LogP contribution in [0.1, 0.15) is 76.2 Å². The molecule has 0 aliphatic heterocycles. The number of nitrogens with two attached hydrogens (primary N) is 1. The van der Waals surface area contributed by atoms with Crippen molar-refractivity contribution in [2.24, 2.45) is 17.6 Å². The van der Waals surface area contributed by atoms with Crippen LogP contribution in [0.2, 0.25) is 0 Å². The van der Waals surface area contributed by atoms with E-state index < -0.39 is 30.1 Å². The highest BCUT2D eigenvalue weighted by Gasteiger charge is 2.40. The van der Waals surface area contributed by atoms with Crippen LogP contribution in [0.15, 0.2) is 48.5 Å². The average molecular weight is 606 g/mol. The molecule has 236 valence electrons. The van der Waals surface area contributed by atoms with Crippen molar-refractivity contribution in [1.82, 2.24) is 20.5 Å². The Bertz CT molecular complexity index is 1490. The lowest BCUT2D eigenvalue weighted by Crippen LogP contribution is -2.56. The number of nitrogens with one attached hydrogen (secondary N) is 3. The van der Waals surface area contributed by atoms with Gasteiger partial charge in [0.2, 0.25) is 24.1 Å². The van der Waals surface area contributed by atoms with Crippen LogP contribution in [-0.2, 0) is 32.0 Å². The summed E-state index contributed by atoms with van der Waals surface area (Å²) in [6.07, 6.45) is 3.11. The van der Waals surface area contributed by atoms with Gasteiger partial charge in [-0.05, 0) is 54.4 Å². The molecule has 0 spiro atoms. The molecule has 2 aromatic carbocycles. The first-order chi connectivity index (χ1) is 21.1. The number of carbonyl (C=O) groups excluding carboxylic acids is 4. The first kappa shape index (κ1) is 32.7. The van der Waals surface area contributed by atoms with Gasteiger partial charge < -0.3 is 26.3 Å². The van der Waals surface area contributed by atoms with Gasteiger partial charge in [0, 0.05) is 29.1 Å². The minimum atomic E-state index is -0.818. The number of primary amides is 1. The molecule has 0 saturated heterocycles. The van der Waals surface area contributed by atoms with Gasteiger partial charge in [0.05, 0.1) is 6.04 Å². The van der Waals surface area contributed by atoms with Crippen LogP contribution in [0, 0.1) is 17.7 Å². The van der Waals surface area contributed by atoms with Gasteiger partial charge in [0.15, 0.2) is 0 Å². The maximum absolute atomic E-state index is 14.1. The van der Waals surface area contributed by atoms with Gasteiger partial charge in [-0.3, -0.25) is 19.2 Å². The summed E-state index contributed by atoms with van der Waals surface area (Å²) in [6, 6.07) is 11.6. The summed E-state index contributed by atoms with van der Waals surface area (Å²) in [7, 11) is 0. The summed E-state index contributed by atoms with van der Waals surface area (Å²) in [5, 5.41) is 7.03. The first-order valence-corrected chi connectivity index (χ1v) is 15.5. The lowest BCUT2D eigenvalue weighted by molar-refractivity contribution is -0.136. The Morgan fingerprint density at radius 2 is 1.75 bits per heavy atom. The van der Waals surface area contributed by atoms with E-state index >= 15 is 0 Å². The molecule has 4 amide bonds. The maximum Gasteiger partial charge on any atom is 0.243 e. The third-order valence-electron chi connectivity index (χ3n) is 9.19. The molecule has 1 aromatic heterocycles. The number of amides is 4. The van der Waals surface area contributed by atoms with Crippen molar-refractivity contribution in [1.29, 1.82) is 0 Å². The van der Waals surface area contributed by atoms with Crippen LogP contribution in [0.4, 0.5) is 4.39 Å². The fraction of sp³-hybridized carbons (Fsp3) is 0.471. The number of para-hydroxylation sites is 1. The average Bonchev–Trinajstić information content (AvgIpc) is 3.40. The Kier molecular flexibility index (Phi) is 10.8. The van der Waals surface area contributed by atoms with Gasteiger partial charge >= 0.3 is 0 Å². The third kappa shape index (κ3) is 7.11. The zero-order valence-corrected chi connectivity index (χ0v) is 25.9. The monoisotopic (exact) mass is 605 g/mol. The number of benzene rings is 2. The largest absolute Gasteiger partial charge is 0.368 e. The van der Waals surface area contributed by atoms with Crippen LogP contribution in [-0.4, -0.2) is 52.1 Å². The Balaban J connectivity index is 1.60. The van der Waals surface area contributed by atoms with Crippen LogP contribution in [0.5, 0.6) is 0 Å². The van der Waals surface area contributed by atoms with E-state index in [0.29, 0.717) is 37.7 Å². The van der Waals surface area contributed by atoms with Crippen LogP contribution in [0.25, 0.3) is 10.9 Å². The van der Waals surface area contributed by atoms with Gasteiger partial charge in [-0.15, -0.1) is 0 Å². The molecule has 4 rings (SSSR count). The highest BCUT2D eigenvalue weighted by molar-refractivity contribution is 5.89. The molecule has 1 aliphatic rings. The molecule has 1 heterocycles. The SMILES string of the molecule is CC[C@H](C)[C@H](NC(=O)CCc1ccccc1F)C(=O)N[C@H]1CC(N(C=O)[C@H](C(N)=O)[C@@H](C)CC)Cc2c1[nH]c1ccccc21. The second-order valence-corrected chi connectivity index (χ2v) is 12.0. The first-order valence-electron chi connectivity index (χ1n) is 15.5. The lowest BCUT2D eigenvalue weighted by Gasteiger charge is -2.41. The van der Waals surface area contributed by atoms with Gasteiger partial charge in [-0.25, -0.2) is 4.39 Å². The van der Waals surface area contributed by atoms with E-state index in [1.54, 1.807) is 18.2 Å². The number of aromatic amines is 1. The minimum absolute atomic E-state index is 0.0389. The Morgan fingerprint density at radius 1 is 1.07 bits per heavy atom.